The van der Waals surface area contributed by atoms with E-state index in [0.29, 0.717) is 18.8 Å². The number of hydrogen-bond acceptors (Lipinski definition) is 4. The molecule has 1 fully saturated rings. The molecule has 25 heavy (non-hydrogen) atoms. The topological polar surface area (TPSA) is 54.5 Å². The lowest BCUT2D eigenvalue weighted by Gasteiger charge is -2.19. The fourth-order valence-electron chi connectivity index (χ4n) is 3.21. The van der Waals surface area contributed by atoms with Gasteiger partial charge in [0.1, 0.15) is 0 Å². The van der Waals surface area contributed by atoms with Gasteiger partial charge >= 0.3 is 0 Å². The van der Waals surface area contributed by atoms with Crippen molar-refractivity contribution in [3.63, 3.8) is 0 Å². The van der Waals surface area contributed by atoms with Crippen LogP contribution < -0.4 is 5.32 Å². The van der Waals surface area contributed by atoms with Gasteiger partial charge < -0.3 is 15.0 Å². The van der Waals surface area contributed by atoms with Gasteiger partial charge in [-0.05, 0) is 55.9 Å². The van der Waals surface area contributed by atoms with Gasteiger partial charge in [0.05, 0.1) is 19.3 Å². The number of carbonyl (C=O) groups is 1. The molecule has 0 bridgehead atoms. The highest BCUT2D eigenvalue weighted by Gasteiger charge is 2.29. The van der Waals surface area contributed by atoms with E-state index in [4.69, 9.17) is 4.74 Å². The Bertz CT molecular complexity index is 703. The van der Waals surface area contributed by atoms with Crippen LogP contribution in [-0.2, 0) is 17.7 Å². The first kappa shape index (κ1) is 17.6. The number of amides is 1. The molecule has 0 spiro atoms. The molecule has 1 saturated heterocycles. The number of aromatic nitrogens is 1. The highest BCUT2D eigenvalue weighted by molar-refractivity contribution is 5.94. The lowest BCUT2D eigenvalue weighted by atomic mass is 9.95. The number of rotatable bonds is 6. The normalized spacial score (nSPS) is 20.0. The molecular weight excluding hydrogens is 314 g/mol. The average Bonchev–Trinajstić information content (AvgIpc) is 3.02. The molecule has 1 aliphatic rings. The van der Waals surface area contributed by atoms with Crippen LogP contribution in [0.3, 0.4) is 0 Å². The van der Waals surface area contributed by atoms with Crippen LogP contribution in [0, 0.1) is 5.92 Å². The van der Waals surface area contributed by atoms with E-state index in [1.54, 1.807) is 12.4 Å². The highest BCUT2D eigenvalue weighted by Crippen LogP contribution is 2.19. The molecule has 2 atom stereocenters. The highest BCUT2D eigenvalue weighted by atomic mass is 16.5. The van der Waals surface area contributed by atoms with Crippen LogP contribution in [0.5, 0.6) is 0 Å². The summed E-state index contributed by atoms with van der Waals surface area (Å²) in [5, 5.41) is 3.15. The average molecular weight is 339 g/mol. The van der Waals surface area contributed by atoms with Crippen molar-refractivity contribution in [2.75, 3.05) is 27.3 Å². The molecule has 0 aliphatic carbocycles. The number of carbonyl (C=O) groups excluding carboxylic acids is 1. The fraction of sp³-hybridized carbons (Fsp3) is 0.400. The largest absolute Gasteiger partial charge is 0.379 e. The minimum atomic E-state index is -0.0316. The molecule has 1 aromatic carbocycles. The lowest BCUT2D eigenvalue weighted by Crippen LogP contribution is -2.40. The summed E-state index contributed by atoms with van der Waals surface area (Å²) in [7, 11) is 4.04. The minimum absolute atomic E-state index is 0.0316. The molecule has 1 N–H and O–H groups in total. The third-order valence-corrected chi connectivity index (χ3v) is 4.45. The number of hydrogen-bond donors (Lipinski definition) is 1. The van der Waals surface area contributed by atoms with E-state index in [-0.39, 0.29) is 17.9 Å². The maximum Gasteiger partial charge on any atom is 0.251 e. The van der Waals surface area contributed by atoms with Crippen molar-refractivity contribution in [2.45, 2.75) is 19.0 Å². The quantitative estimate of drug-likeness (QED) is 0.876. The van der Waals surface area contributed by atoms with Gasteiger partial charge in [0.15, 0.2) is 0 Å². The van der Waals surface area contributed by atoms with E-state index in [0.717, 1.165) is 18.5 Å². The summed E-state index contributed by atoms with van der Waals surface area (Å²) in [6, 6.07) is 11.9. The number of nitrogens with one attached hydrogen (secondary N) is 1. The third kappa shape index (κ3) is 4.87. The second kappa shape index (κ2) is 8.23. The molecule has 1 aliphatic heterocycles. The zero-order valence-corrected chi connectivity index (χ0v) is 14.8. The molecule has 1 aromatic heterocycles. The zero-order chi connectivity index (χ0) is 17.6. The van der Waals surface area contributed by atoms with Gasteiger partial charge in [-0.3, -0.25) is 9.78 Å². The predicted molar refractivity (Wildman–Crippen MR) is 97.3 cm³/mol. The van der Waals surface area contributed by atoms with Gasteiger partial charge in [0.2, 0.25) is 0 Å². The molecular formula is C20H25N3O2. The summed E-state index contributed by atoms with van der Waals surface area (Å²) in [5.41, 5.74) is 3.06. The predicted octanol–water partition coefficient (Wildman–Crippen LogP) is 2.13. The summed E-state index contributed by atoms with van der Waals surface area (Å²) in [6.45, 7) is 2.06. The lowest BCUT2D eigenvalue weighted by molar-refractivity contribution is 0.0925. The second-order valence-corrected chi connectivity index (χ2v) is 6.88. The van der Waals surface area contributed by atoms with Gasteiger partial charge in [-0.1, -0.05) is 12.1 Å². The summed E-state index contributed by atoms with van der Waals surface area (Å²) < 4.78 is 5.62. The Hall–Kier alpha value is -2.24. The van der Waals surface area contributed by atoms with Gasteiger partial charge in [0, 0.05) is 30.4 Å². The van der Waals surface area contributed by atoms with Crippen molar-refractivity contribution in [2.24, 2.45) is 5.92 Å². The molecule has 2 aromatic rings. The molecule has 2 unspecified atom stereocenters. The number of ether oxygens (including phenoxy) is 1. The Balaban J connectivity index is 1.63. The number of nitrogens with zero attached hydrogens (tertiary/aromatic N) is 2. The molecule has 0 saturated carbocycles. The van der Waals surface area contributed by atoms with Crippen molar-refractivity contribution in [1.29, 1.82) is 0 Å². The second-order valence-electron chi connectivity index (χ2n) is 6.88. The van der Waals surface area contributed by atoms with Gasteiger partial charge in [-0.2, -0.15) is 0 Å². The van der Waals surface area contributed by atoms with Crippen molar-refractivity contribution in [3.05, 3.63) is 65.5 Å². The van der Waals surface area contributed by atoms with Crippen molar-refractivity contribution >= 4 is 5.91 Å². The number of benzene rings is 1. The summed E-state index contributed by atoms with van der Waals surface area (Å²) in [4.78, 5) is 18.8. The Morgan fingerprint density at radius 1 is 1.20 bits per heavy atom. The Morgan fingerprint density at radius 2 is 2.00 bits per heavy atom. The maximum atomic E-state index is 12.6. The van der Waals surface area contributed by atoms with E-state index < -0.39 is 0 Å². The van der Waals surface area contributed by atoms with Crippen LogP contribution >= 0.6 is 0 Å². The molecule has 132 valence electrons. The fourth-order valence-corrected chi connectivity index (χ4v) is 3.21. The zero-order valence-electron chi connectivity index (χ0n) is 14.8. The molecule has 3 rings (SSSR count). The summed E-state index contributed by atoms with van der Waals surface area (Å²) >= 11 is 0. The first-order valence-electron chi connectivity index (χ1n) is 8.63. The van der Waals surface area contributed by atoms with Crippen molar-refractivity contribution < 1.29 is 9.53 Å². The van der Waals surface area contributed by atoms with E-state index in [2.05, 4.69) is 15.2 Å². The van der Waals surface area contributed by atoms with E-state index in [1.165, 1.54) is 5.56 Å². The first-order chi connectivity index (χ1) is 12.1. The third-order valence-electron chi connectivity index (χ3n) is 4.45. The van der Waals surface area contributed by atoms with E-state index >= 15 is 0 Å². The first-order valence-corrected chi connectivity index (χ1v) is 8.63. The standard InChI is InChI=1S/C20H25N3O2/c1-23(2)12-16-4-3-5-17(11-16)20(24)22-19-14-25-13-18(19)10-15-6-8-21-9-7-15/h3-9,11,18-19H,10,12-14H2,1-2H3,(H,22,24). The summed E-state index contributed by atoms with van der Waals surface area (Å²) in [6.07, 6.45) is 4.48. The molecule has 5 heteroatoms. The smallest absolute Gasteiger partial charge is 0.251 e. The van der Waals surface area contributed by atoms with Crippen molar-refractivity contribution in [3.8, 4) is 0 Å². The van der Waals surface area contributed by atoms with Gasteiger partial charge in [-0.15, -0.1) is 0 Å². The molecule has 1 amide bonds. The van der Waals surface area contributed by atoms with Crippen LogP contribution in [0.4, 0.5) is 0 Å². The van der Waals surface area contributed by atoms with Gasteiger partial charge in [0.25, 0.3) is 5.91 Å². The van der Waals surface area contributed by atoms with Crippen molar-refractivity contribution in [1.82, 2.24) is 15.2 Å². The maximum absolute atomic E-state index is 12.6. The van der Waals surface area contributed by atoms with Crippen LogP contribution in [0.2, 0.25) is 0 Å². The van der Waals surface area contributed by atoms with Crippen LogP contribution in [0.1, 0.15) is 21.5 Å². The Morgan fingerprint density at radius 3 is 2.76 bits per heavy atom. The van der Waals surface area contributed by atoms with Gasteiger partial charge in [-0.25, -0.2) is 0 Å². The monoisotopic (exact) mass is 339 g/mol. The summed E-state index contributed by atoms with van der Waals surface area (Å²) in [5.74, 6) is 0.257. The van der Waals surface area contributed by atoms with E-state index in [9.17, 15) is 4.79 Å². The van der Waals surface area contributed by atoms with E-state index in [1.807, 2.05) is 50.5 Å². The molecule has 5 nitrogen and oxygen atoms in total. The SMILES string of the molecule is CN(C)Cc1cccc(C(=O)NC2COCC2Cc2ccncc2)c1. The van der Waals surface area contributed by atoms with Crippen LogP contribution in [-0.4, -0.2) is 49.1 Å². The molecule has 2 heterocycles. The van der Waals surface area contributed by atoms with Crippen LogP contribution in [0.25, 0.3) is 0 Å². The number of pyridine rings is 1. The Kier molecular flexibility index (Phi) is 5.79. The molecule has 0 radical (unpaired) electrons. The minimum Gasteiger partial charge on any atom is -0.379 e. The Labute approximate surface area is 149 Å². The van der Waals surface area contributed by atoms with Crippen LogP contribution in [0.15, 0.2) is 48.8 Å².